The Hall–Kier alpha value is -0.680. The number of carbonyl (C=O) groups excluding carboxylic acids is 1. The number of ether oxygens (including phenoxy) is 1. The van der Waals surface area contributed by atoms with Crippen molar-refractivity contribution in [1.29, 1.82) is 0 Å². The van der Waals surface area contributed by atoms with Crippen LogP contribution in [0.2, 0.25) is 0 Å². The number of carbonyl (C=O) groups is 1. The molecule has 0 radical (unpaired) electrons. The molecule has 0 spiro atoms. The topological polar surface area (TPSA) is 55.6 Å². The van der Waals surface area contributed by atoms with Crippen molar-refractivity contribution in [3.05, 3.63) is 0 Å². The summed E-state index contributed by atoms with van der Waals surface area (Å²) in [5.41, 5.74) is 4.79. The smallest absolute Gasteiger partial charge is 0.235 e. The summed E-state index contributed by atoms with van der Waals surface area (Å²) in [6.45, 7) is 9.78. The Balaban J connectivity index is 4.47. The van der Waals surface area contributed by atoms with Crippen LogP contribution >= 0.6 is 12.2 Å². The molecule has 5 heteroatoms. The standard InChI is InChI=1S/C11H22N2O2S/c1-5-13(7-8-15-6-2)10(14)11(3,4)9(12)16/h5-8H2,1-4H3,(H2,12,16). The zero-order valence-corrected chi connectivity index (χ0v) is 11.4. The van der Waals surface area contributed by atoms with Gasteiger partial charge in [0, 0.05) is 19.7 Å². The van der Waals surface area contributed by atoms with Gasteiger partial charge in [0.1, 0.15) is 0 Å². The fourth-order valence-corrected chi connectivity index (χ4v) is 1.31. The van der Waals surface area contributed by atoms with E-state index in [9.17, 15) is 4.79 Å². The summed E-state index contributed by atoms with van der Waals surface area (Å²) in [5.74, 6) is -0.0396. The Bertz CT molecular complexity index is 254. The fourth-order valence-electron chi connectivity index (χ4n) is 1.22. The maximum atomic E-state index is 12.1. The van der Waals surface area contributed by atoms with Crippen LogP contribution in [0.5, 0.6) is 0 Å². The highest BCUT2D eigenvalue weighted by atomic mass is 32.1. The molecular formula is C11H22N2O2S. The molecule has 0 saturated heterocycles. The maximum absolute atomic E-state index is 12.1. The van der Waals surface area contributed by atoms with Gasteiger partial charge in [0.25, 0.3) is 0 Å². The molecule has 0 fully saturated rings. The second kappa shape index (κ2) is 6.81. The van der Waals surface area contributed by atoms with Gasteiger partial charge in [-0.05, 0) is 27.7 Å². The zero-order valence-electron chi connectivity index (χ0n) is 10.6. The normalized spacial score (nSPS) is 11.2. The van der Waals surface area contributed by atoms with E-state index < -0.39 is 5.41 Å². The van der Waals surface area contributed by atoms with E-state index in [1.54, 1.807) is 18.7 Å². The molecular weight excluding hydrogens is 224 g/mol. The number of hydrogen-bond acceptors (Lipinski definition) is 3. The Morgan fingerprint density at radius 1 is 1.44 bits per heavy atom. The number of nitrogens with two attached hydrogens (primary N) is 1. The van der Waals surface area contributed by atoms with Gasteiger partial charge >= 0.3 is 0 Å². The van der Waals surface area contributed by atoms with Gasteiger partial charge in [-0.3, -0.25) is 4.79 Å². The van der Waals surface area contributed by atoms with E-state index in [0.29, 0.717) is 26.3 Å². The molecule has 0 aliphatic rings. The van der Waals surface area contributed by atoms with Gasteiger partial charge in [0.05, 0.1) is 17.0 Å². The van der Waals surface area contributed by atoms with E-state index in [2.05, 4.69) is 0 Å². The number of thiocarbonyl (C=S) groups is 1. The van der Waals surface area contributed by atoms with Gasteiger partial charge in [0.2, 0.25) is 5.91 Å². The maximum Gasteiger partial charge on any atom is 0.235 e. The number of nitrogens with zero attached hydrogens (tertiary/aromatic N) is 1. The predicted molar refractivity (Wildman–Crippen MR) is 69.3 cm³/mol. The highest BCUT2D eigenvalue weighted by Gasteiger charge is 2.34. The molecule has 0 heterocycles. The Morgan fingerprint density at radius 3 is 2.38 bits per heavy atom. The summed E-state index contributed by atoms with van der Waals surface area (Å²) >= 11 is 4.91. The first-order valence-corrected chi connectivity index (χ1v) is 5.95. The van der Waals surface area contributed by atoms with E-state index in [4.69, 9.17) is 22.7 Å². The zero-order chi connectivity index (χ0) is 12.8. The monoisotopic (exact) mass is 246 g/mol. The second-order valence-corrected chi connectivity index (χ2v) is 4.51. The third-order valence-electron chi connectivity index (χ3n) is 2.53. The van der Waals surface area contributed by atoms with Crippen molar-refractivity contribution in [2.75, 3.05) is 26.3 Å². The van der Waals surface area contributed by atoms with Crippen molar-refractivity contribution in [1.82, 2.24) is 4.90 Å². The summed E-state index contributed by atoms with van der Waals surface area (Å²) < 4.78 is 5.23. The molecule has 0 aliphatic carbocycles. The second-order valence-electron chi connectivity index (χ2n) is 4.07. The predicted octanol–water partition coefficient (Wildman–Crippen LogP) is 1.18. The third-order valence-corrected chi connectivity index (χ3v) is 3.04. The highest BCUT2D eigenvalue weighted by Crippen LogP contribution is 2.19. The molecule has 0 saturated carbocycles. The van der Waals surface area contributed by atoms with Crippen LogP contribution in [0.15, 0.2) is 0 Å². The lowest BCUT2D eigenvalue weighted by Gasteiger charge is -2.30. The van der Waals surface area contributed by atoms with Crippen molar-refractivity contribution in [2.45, 2.75) is 27.7 Å². The van der Waals surface area contributed by atoms with Crippen LogP contribution in [0.1, 0.15) is 27.7 Å². The minimum absolute atomic E-state index is 0.0396. The van der Waals surface area contributed by atoms with Crippen LogP contribution in [-0.2, 0) is 9.53 Å². The summed E-state index contributed by atoms with van der Waals surface area (Å²) in [5, 5.41) is 0. The van der Waals surface area contributed by atoms with Crippen LogP contribution in [0.4, 0.5) is 0 Å². The van der Waals surface area contributed by atoms with Crippen LogP contribution in [-0.4, -0.2) is 42.1 Å². The molecule has 0 rings (SSSR count). The van der Waals surface area contributed by atoms with E-state index in [-0.39, 0.29) is 10.9 Å². The molecule has 16 heavy (non-hydrogen) atoms. The molecule has 4 nitrogen and oxygen atoms in total. The Kier molecular flexibility index (Phi) is 6.52. The van der Waals surface area contributed by atoms with Gasteiger partial charge < -0.3 is 15.4 Å². The largest absolute Gasteiger partial charge is 0.392 e. The van der Waals surface area contributed by atoms with E-state index >= 15 is 0 Å². The third kappa shape index (κ3) is 4.06. The minimum atomic E-state index is -0.780. The molecule has 0 unspecified atom stereocenters. The molecule has 0 aromatic carbocycles. The SMILES string of the molecule is CCOCCN(CC)C(=O)C(C)(C)C(N)=S. The molecule has 0 bridgehead atoms. The lowest BCUT2D eigenvalue weighted by atomic mass is 9.91. The van der Waals surface area contributed by atoms with Crippen molar-refractivity contribution in [3.8, 4) is 0 Å². The Labute approximate surface area is 103 Å². The average molecular weight is 246 g/mol. The average Bonchev–Trinajstić information content (AvgIpc) is 2.23. The molecule has 0 atom stereocenters. The van der Waals surface area contributed by atoms with Gasteiger partial charge in [-0.1, -0.05) is 12.2 Å². The number of likely N-dealkylation sites (N-methyl/N-ethyl adjacent to an activating group) is 1. The highest BCUT2D eigenvalue weighted by molar-refractivity contribution is 7.80. The van der Waals surface area contributed by atoms with Crippen LogP contribution in [0, 0.1) is 5.41 Å². The first-order chi connectivity index (χ1) is 7.37. The molecule has 94 valence electrons. The fraction of sp³-hybridized carbons (Fsp3) is 0.818. The lowest BCUT2D eigenvalue weighted by molar-refractivity contribution is -0.137. The summed E-state index contributed by atoms with van der Waals surface area (Å²) in [7, 11) is 0. The van der Waals surface area contributed by atoms with Gasteiger partial charge in [0.15, 0.2) is 0 Å². The van der Waals surface area contributed by atoms with Gasteiger partial charge in [-0.15, -0.1) is 0 Å². The number of hydrogen-bond donors (Lipinski definition) is 1. The molecule has 0 aromatic heterocycles. The minimum Gasteiger partial charge on any atom is -0.392 e. The van der Waals surface area contributed by atoms with Gasteiger partial charge in [-0.25, -0.2) is 0 Å². The van der Waals surface area contributed by atoms with Crippen LogP contribution in [0.25, 0.3) is 0 Å². The first-order valence-electron chi connectivity index (χ1n) is 5.54. The summed E-state index contributed by atoms with van der Waals surface area (Å²) in [6, 6.07) is 0. The van der Waals surface area contributed by atoms with E-state index in [1.807, 2.05) is 13.8 Å². The Morgan fingerprint density at radius 2 is 2.00 bits per heavy atom. The molecule has 0 aromatic rings. The van der Waals surface area contributed by atoms with Crippen molar-refractivity contribution in [2.24, 2.45) is 11.1 Å². The van der Waals surface area contributed by atoms with Gasteiger partial charge in [-0.2, -0.15) is 0 Å². The van der Waals surface area contributed by atoms with Crippen molar-refractivity contribution < 1.29 is 9.53 Å². The lowest BCUT2D eigenvalue weighted by Crippen LogP contribution is -2.48. The molecule has 0 aliphatic heterocycles. The summed E-state index contributed by atoms with van der Waals surface area (Å²) in [6.07, 6.45) is 0. The number of rotatable bonds is 7. The van der Waals surface area contributed by atoms with Crippen molar-refractivity contribution >= 4 is 23.1 Å². The molecule has 1 amide bonds. The number of amides is 1. The van der Waals surface area contributed by atoms with E-state index in [0.717, 1.165) is 0 Å². The molecule has 2 N–H and O–H groups in total. The van der Waals surface area contributed by atoms with Crippen LogP contribution in [0.3, 0.4) is 0 Å². The quantitative estimate of drug-likeness (QED) is 0.541. The van der Waals surface area contributed by atoms with E-state index in [1.165, 1.54) is 0 Å². The first kappa shape index (κ1) is 15.3. The van der Waals surface area contributed by atoms with Crippen molar-refractivity contribution in [3.63, 3.8) is 0 Å². The summed E-state index contributed by atoms with van der Waals surface area (Å²) in [4.78, 5) is 14.1. The van der Waals surface area contributed by atoms with Crippen LogP contribution < -0.4 is 5.73 Å².